The molecule has 0 bridgehead atoms. The summed E-state index contributed by atoms with van der Waals surface area (Å²) in [5, 5.41) is 4.03. The Morgan fingerprint density at radius 2 is 2.14 bits per heavy atom. The largest absolute Gasteiger partial charge is 0.321 e. The lowest BCUT2D eigenvalue weighted by atomic mass is 9.97. The van der Waals surface area contributed by atoms with Crippen molar-refractivity contribution in [1.82, 2.24) is 14.9 Å². The molecule has 0 aliphatic carbocycles. The van der Waals surface area contributed by atoms with Crippen LogP contribution >= 0.6 is 11.6 Å². The Bertz CT molecular complexity index is 299. The molecule has 1 N–H and O–H groups in total. The summed E-state index contributed by atoms with van der Waals surface area (Å²) < 4.78 is 1.89. The summed E-state index contributed by atoms with van der Waals surface area (Å²) in [4.78, 5) is 4.20. The van der Waals surface area contributed by atoms with Gasteiger partial charge in [0.05, 0.1) is 12.7 Å². The fourth-order valence-electron chi connectivity index (χ4n) is 1.14. The maximum absolute atomic E-state index is 5.87. The Labute approximate surface area is 90.5 Å². The molecular weight excluding hydrogens is 198 g/mol. The van der Waals surface area contributed by atoms with E-state index >= 15 is 0 Å². The molecule has 14 heavy (non-hydrogen) atoms. The second kappa shape index (κ2) is 4.32. The highest BCUT2D eigenvalue weighted by molar-refractivity contribution is 6.29. The van der Waals surface area contributed by atoms with Gasteiger partial charge in [-0.05, 0) is 5.41 Å². The van der Waals surface area contributed by atoms with Crippen molar-refractivity contribution in [2.24, 2.45) is 12.5 Å². The van der Waals surface area contributed by atoms with E-state index in [1.54, 1.807) is 6.20 Å². The van der Waals surface area contributed by atoms with Crippen molar-refractivity contribution in [3.8, 4) is 0 Å². The number of imidazole rings is 1. The summed E-state index contributed by atoms with van der Waals surface area (Å²) in [5.41, 5.74) is 0.301. The van der Waals surface area contributed by atoms with E-state index in [1.165, 1.54) is 0 Å². The highest BCUT2D eigenvalue weighted by Gasteiger charge is 2.10. The van der Waals surface area contributed by atoms with Gasteiger partial charge >= 0.3 is 0 Å². The topological polar surface area (TPSA) is 29.9 Å². The summed E-state index contributed by atoms with van der Waals surface area (Å²) in [5.74, 6) is 0.972. The minimum atomic E-state index is 0.301. The van der Waals surface area contributed by atoms with Crippen molar-refractivity contribution in [3.05, 3.63) is 17.2 Å². The Balaban J connectivity index is 2.43. The molecule has 0 aliphatic heterocycles. The lowest BCUT2D eigenvalue weighted by molar-refractivity contribution is 0.376. The van der Waals surface area contributed by atoms with E-state index in [1.807, 2.05) is 11.6 Å². The number of rotatable bonds is 3. The molecule has 0 aliphatic rings. The molecule has 80 valence electrons. The van der Waals surface area contributed by atoms with Crippen molar-refractivity contribution in [3.63, 3.8) is 0 Å². The fraction of sp³-hybridized carbons (Fsp3) is 0.700. The normalized spacial score (nSPS) is 12.1. The molecule has 0 saturated carbocycles. The van der Waals surface area contributed by atoms with E-state index in [0.29, 0.717) is 10.6 Å². The minimum Gasteiger partial charge on any atom is -0.321 e. The van der Waals surface area contributed by atoms with Crippen LogP contribution in [0.3, 0.4) is 0 Å². The molecule has 0 aromatic carbocycles. The van der Waals surface area contributed by atoms with Gasteiger partial charge in [-0.3, -0.25) is 0 Å². The van der Waals surface area contributed by atoms with Gasteiger partial charge in [0.15, 0.2) is 0 Å². The first kappa shape index (κ1) is 11.5. The monoisotopic (exact) mass is 215 g/mol. The van der Waals surface area contributed by atoms with Gasteiger partial charge in [0.25, 0.3) is 0 Å². The molecule has 1 heterocycles. The zero-order valence-electron chi connectivity index (χ0n) is 9.26. The number of halogens is 1. The van der Waals surface area contributed by atoms with E-state index in [0.717, 1.165) is 18.9 Å². The van der Waals surface area contributed by atoms with Gasteiger partial charge in [-0.2, -0.15) is 0 Å². The van der Waals surface area contributed by atoms with Crippen LogP contribution in [0.1, 0.15) is 26.6 Å². The number of hydrogen-bond donors (Lipinski definition) is 1. The molecule has 1 aromatic rings. The molecule has 4 heteroatoms. The second-order valence-corrected chi connectivity index (χ2v) is 5.11. The van der Waals surface area contributed by atoms with Crippen molar-refractivity contribution in [1.29, 1.82) is 0 Å². The molecule has 0 saturated heterocycles. The molecule has 3 nitrogen and oxygen atoms in total. The molecule has 0 spiro atoms. The van der Waals surface area contributed by atoms with Gasteiger partial charge in [-0.15, -0.1) is 0 Å². The van der Waals surface area contributed by atoms with Crippen LogP contribution in [-0.4, -0.2) is 16.1 Å². The van der Waals surface area contributed by atoms with Crippen molar-refractivity contribution in [2.75, 3.05) is 6.54 Å². The molecule has 0 atom stereocenters. The summed E-state index contributed by atoms with van der Waals surface area (Å²) in [6, 6.07) is 0. The molecule has 0 radical (unpaired) electrons. The summed E-state index contributed by atoms with van der Waals surface area (Å²) >= 11 is 5.87. The lowest BCUT2D eigenvalue weighted by Gasteiger charge is -2.18. The van der Waals surface area contributed by atoms with Gasteiger partial charge in [-0.1, -0.05) is 32.4 Å². The van der Waals surface area contributed by atoms with E-state index in [9.17, 15) is 0 Å². The Morgan fingerprint density at radius 1 is 1.50 bits per heavy atom. The predicted octanol–water partition coefficient (Wildman–Crippen LogP) is 2.21. The lowest BCUT2D eigenvalue weighted by Crippen LogP contribution is -2.27. The Kier molecular flexibility index (Phi) is 3.56. The zero-order valence-corrected chi connectivity index (χ0v) is 10.0. The van der Waals surface area contributed by atoms with Crippen LogP contribution in [0, 0.1) is 5.41 Å². The smallest absolute Gasteiger partial charge is 0.128 e. The standard InChI is InChI=1S/C10H18ClN3/c1-10(2,3)7-12-6-9-13-5-8(11)14(9)4/h5,12H,6-7H2,1-4H3. The van der Waals surface area contributed by atoms with Crippen molar-refractivity contribution >= 4 is 11.6 Å². The molecule has 0 unspecified atom stereocenters. The van der Waals surface area contributed by atoms with Crippen LogP contribution in [-0.2, 0) is 13.6 Å². The average molecular weight is 216 g/mol. The highest BCUT2D eigenvalue weighted by atomic mass is 35.5. The molecule has 1 rings (SSSR count). The number of nitrogens with zero attached hydrogens (tertiary/aromatic N) is 2. The third-order valence-electron chi connectivity index (χ3n) is 1.97. The van der Waals surface area contributed by atoms with E-state index in [2.05, 4.69) is 31.1 Å². The molecule has 0 fully saturated rings. The summed E-state index contributed by atoms with van der Waals surface area (Å²) in [6.07, 6.45) is 1.68. The van der Waals surface area contributed by atoms with Crippen LogP contribution in [0.5, 0.6) is 0 Å². The third-order valence-corrected chi connectivity index (χ3v) is 2.32. The van der Waals surface area contributed by atoms with E-state index in [4.69, 9.17) is 11.6 Å². The predicted molar refractivity (Wildman–Crippen MR) is 59.4 cm³/mol. The van der Waals surface area contributed by atoms with E-state index in [-0.39, 0.29) is 0 Å². The highest BCUT2D eigenvalue weighted by Crippen LogP contribution is 2.12. The van der Waals surface area contributed by atoms with Gasteiger partial charge in [-0.25, -0.2) is 4.98 Å². The van der Waals surface area contributed by atoms with E-state index < -0.39 is 0 Å². The number of aromatic nitrogens is 2. The molecular formula is C10H18ClN3. The summed E-state index contributed by atoms with van der Waals surface area (Å²) in [6.45, 7) is 8.33. The summed E-state index contributed by atoms with van der Waals surface area (Å²) in [7, 11) is 1.92. The number of nitrogens with one attached hydrogen (secondary N) is 1. The molecule has 1 aromatic heterocycles. The van der Waals surface area contributed by atoms with Gasteiger partial charge in [0.2, 0.25) is 0 Å². The van der Waals surface area contributed by atoms with Crippen LogP contribution in [0.25, 0.3) is 0 Å². The Morgan fingerprint density at radius 3 is 2.57 bits per heavy atom. The van der Waals surface area contributed by atoms with Gasteiger partial charge < -0.3 is 9.88 Å². The van der Waals surface area contributed by atoms with Gasteiger partial charge in [0, 0.05) is 13.6 Å². The quantitative estimate of drug-likeness (QED) is 0.838. The third kappa shape index (κ3) is 3.31. The maximum Gasteiger partial charge on any atom is 0.128 e. The first-order valence-corrected chi connectivity index (χ1v) is 5.15. The van der Waals surface area contributed by atoms with Crippen LogP contribution in [0.2, 0.25) is 5.15 Å². The maximum atomic E-state index is 5.87. The fourth-order valence-corrected chi connectivity index (χ4v) is 1.28. The van der Waals surface area contributed by atoms with Gasteiger partial charge in [0.1, 0.15) is 11.0 Å². The first-order chi connectivity index (χ1) is 6.40. The SMILES string of the molecule is Cn1c(Cl)cnc1CNCC(C)(C)C. The second-order valence-electron chi connectivity index (χ2n) is 4.72. The first-order valence-electron chi connectivity index (χ1n) is 4.77. The molecule has 0 amide bonds. The average Bonchev–Trinajstić information content (AvgIpc) is 2.33. The van der Waals surface area contributed by atoms with Crippen molar-refractivity contribution in [2.45, 2.75) is 27.3 Å². The minimum absolute atomic E-state index is 0.301. The zero-order chi connectivity index (χ0) is 10.8. The number of hydrogen-bond acceptors (Lipinski definition) is 2. The van der Waals surface area contributed by atoms with Crippen LogP contribution < -0.4 is 5.32 Å². The van der Waals surface area contributed by atoms with Crippen molar-refractivity contribution < 1.29 is 0 Å². The van der Waals surface area contributed by atoms with Crippen LogP contribution in [0.4, 0.5) is 0 Å². The van der Waals surface area contributed by atoms with Crippen LogP contribution in [0.15, 0.2) is 6.20 Å². The Hall–Kier alpha value is -0.540.